The van der Waals surface area contributed by atoms with Crippen LogP contribution in [0.25, 0.3) is 10.8 Å². The molecule has 0 aromatic heterocycles. The molecule has 0 atom stereocenters. The number of nitrogens with two attached hydrogens (primary N) is 1. The predicted octanol–water partition coefficient (Wildman–Crippen LogP) is 1.85. The summed E-state index contributed by atoms with van der Waals surface area (Å²) in [6.45, 7) is 0. The van der Waals surface area contributed by atoms with Gasteiger partial charge in [-0.25, -0.2) is 0 Å². The molecule has 3 rings (SSSR count). The van der Waals surface area contributed by atoms with Gasteiger partial charge in [-0.1, -0.05) is 30.3 Å². The molecule has 0 bridgehead atoms. The molecule has 1 fully saturated rings. The molecule has 1 aliphatic rings. The van der Waals surface area contributed by atoms with Gasteiger partial charge in [-0.05, 0) is 29.7 Å². The van der Waals surface area contributed by atoms with Gasteiger partial charge in [0, 0.05) is 5.56 Å². The summed E-state index contributed by atoms with van der Waals surface area (Å²) in [6, 6.07) is 11.4. The Morgan fingerprint density at radius 3 is 2.53 bits per heavy atom. The molecule has 17 heavy (non-hydrogen) atoms. The number of phenols is 1. The van der Waals surface area contributed by atoms with Crippen molar-refractivity contribution in [1.82, 2.24) is 0 Å². The normalized spacial score (nSPS) is 28.0. The van der Waals surface area contributed by atoms with Crippen LogP contribution in [0.2, 0.25) is 0 Å². The van der Waals surface area contributed by atoms with E-state index in [9.17, 15) is 10.2 Å². The third kappa shape index (κ3) is 1.51. The highest BCUT2D eigenvalue weighted by Crippen LogP contribution is 2.45. The van der Waals surface area contributed by atoms with E-state index in [0.29, 0.717) is 12.8 Å². The molecule has 1 saturated carbocycles. The van der Waals surface area contributed by atoms with Crippen molar-refractivity contribution >= 4 is 10.8 Å². The smallest absolute Gasteiger partial charge is 0.121 e. The van der Waals surface area contributed by atoms with Gasteiger partial charge < -0.3 is 15.9 Å². The molecular weight excluding hydrogens is 214 g/mol. The van der Waals surface area contributed by atoms with Crippen molar-refractivity contribution in [3.05, 3.63) is 42.0 Å². The van der Waals surface area contributed by atoms with Crippen LogP contribution in [0.5, 0.6) is 5.75 Å². The van der Waals surface area contributed by atoms with E-state index >= 15 is 0 Å². The Hall–Kier alpha value is -1.58. The topological polar surface area (TPSA) is 66.5 Å². The Morgan fingerprint density at radius 1 is 1.12 bits per heavy atom. The van der Waals surface area contributed by atoms with Crippen molar-refractivity contribution in [2.24, 2.45) is 5.73 Å². The summed E-state index contributed by atoms with van der Waals surface area (Å²) in [5.41, 5.74) is 6.43. The summed E-state index contributed by atoms with van der Waals surface area (Å²) < 4.78 is 0. The van der Waals surface area contributed by atoms with E-state index in [4.69, 9.17) is 5.73 Å². The van der Waals surface area contributed by atoms with Gasteiger partial charge in [0.25, 0.3) is 0 Å². The van der Waals surface area contributed by atoms with Crippen LogP contribution in [0.4, 0.5) is 0 Å². The molecule has 4 N–H and O–H groups in total. The third-order valence-electron chi connectivity index (χ3n) is 3.60. The first kappa shape index (κ1) is 10.6. The second-order valence-electron chi connectivity index (χ2n) is 4.90. The third-order valence-corrected chi connectivity index (χ3v) is 3.60. The average Bonchev–Trinajstić information content (AvgIpc) is 2.26. The molecule has 0 spiro atoms. The number of hydrogen-bond acceptors (Lipinski definition) is 3. The number of aliphatic hydroxyl groups is 1. The lowest BCUT2D eigenvalue weighted by Gasteiger charge is -2.43. The quantitative estimate of drug-likeness (QED) is 0.699. The molecule has 0 unspecified atom stereocenters. The first-order chi connectivity index (χ1) is 8.10. The summed E-state index contributed by atoms with van der Waals surface area (Å²) in [7, 11) is 0. The summed E-state index contributed by atoms with van der Waals surface area (Å²) >= 11 is 0. The Labute approximate surface area is 99.5 Å². The maximum absolute atomic E-state index is 10.0. The van der Waals surface area contributed by atoms with E-state index in [1.54, 1.807) is 6.07 Å². The van der Waals surface area contributed by atoms with E-state index in [2.05, 4.69) is 0 Å². The van der Waals surface area contributed by atoms with Crippen LogP contribution in [0.1, 0.15) is 18.4 Å². The monoisotopic (exact) mass is 229 g/mol. The number of aromatic hydroxyl groups is 1. The molecule has 2 aromatic carbocycles. The highest BCUT2D eigenvalue weighted by Gasteiger charge is 2.43. The number of hydrogen-bond donors (Lipinski definition) is 3. The van der Waals surface area contributed by atoms with Crippen LogP contribution in [0, 0.1) is 0 Å². The second-order valence-corrected chi connectivity index (χ2v) is 4.90. The van der Waals surface area contributed by atoms with Gasteiger partial charge >= 0.3 is 0 Å². The molecule has 0 amide bonds. The number of phenolic OH excluding ortho intramolecular Hbond substituents is 1. The van der Waals surface area contributed by atoms with Crippen LogP contribution in [0.15, 0.2) is 36.4 Å². The minimum Gasteiger partial charge on any atom is -0.508 e. The van der Waals surface area contributed by atoms with E-state index in [1.807, 2.05) is 30.3 Å². The predicted molar refractivity (Wildman–Crippen MR) is 66.7 cm³/mol. The van der Waals surface area contributed by atoms with Gasteiger partial charge in [-0.15, -0.1) is 0 Å². The summed E-state index contributed by atoms with van der Waals surface area (Å²) in [5, 5.41) is 21.5. The van der Waals surface area contributed by atoms with Crippen LogP contribution < -0.4 is 5.73 Å². The van der Waals surface area contributed by atoms with Crippen molar-refractivity contribution < 1.29 is 10.2 Å². The highest BCUT2D eigenvalue weighted by molar-refractivity contribution is 5.88. The Morgan fingerprint density at radius 2 is 1.82 bits per heavy atom. The fourth-order valence-corrected chi connectivity index (χ4v) is 2.77. The lowest BCUT2D eigenvalue weighted by molar-refractivity contribution is 0.0207. The number of benzene rings is 2. The zero-order valence-corrected chi connectivity index (χ0v) is 9.43. The molecule has 0 radical (unpaired) electrons. The summed E-state index contributed by atoms with van der Waals surface area (Å²) in [5.74, 6) is 0.220. The van der Waals surface area contributed by atoms with Gasteiger partial charge in [0.05, 0.1) is 11.6 Å². The van der Waals surface area contributed by atoms with Gasteiger partial charge in [0.15, 0.2) is 0 Å². The average molecular weight is 229 g/mol. The van der Waals surface area contributed by atoms with E-state index in [-0.39, 0.29) is 11.9 Å². The number of aliphatic hydroxyl groups excluding tert-OH is 1. The van der Waals surface area contributed by atoms with Crippen molar-refractivity contribution in [2.45, 2.75) is 24.5 Å². The van der Waals surface area contributed by atoms with Crippen LogP contribution >= 0.6 is 0 Å². The lowest BCUT2D eigenvalue weighted by atomic mass is 9.69. The molecule has 0 heterocycles. The number of fused-ring (bicyclic) bond motifs is 1. The minimum absolute atomic E-state index is 0.220. The highest BCUT2D eigenvalue weighted by atomic mass is 16.3. The van der Waals surface area contributed by atoms with Crippen molar-refractivity contribution in [3.63, 3.8) is 0 Å². The van der Waals surface area contributed by atoms with Gasteiger partial charge in [-0.2, -0.15) is 0 Å². The second kappa shape index (κ2) is 3.45. The van der Waals surface area contributed by atoms with Gasteiger partial charge in [-0.3, -0.25) is 0 Å². The van der Waals surface area contributed by atoms with Crippen LogP contribution in [-0.2, 0) is 5.54 Å². The van der Waals surface area contributed by atoms with Gasteiger partial charge in [0.1, 0.15) is 5.75 Å². The first-order valence-corrected chi connectivity index (χ1v) is 5.78. The van der Waals surface area contributed by atoms with E-state index in [1.165, 1.54) is 0 Å². The maximum Gasteiger partial charge on any atom is 0.121 e. The van der Waals surface area contributed by atoms with Crippen molar-refractivity contribution in [2.75, 3.05) is 0 Å². The fourth-order valence-electron chi connectivity index (χ4n) is 2.77. The SMILES string of the molecule is NC1(c2c(O)ccc3ccccc23)CC(O)C1. The number of rotatable bonds is 1. The van der Waals surface area contributed by atoms with Gasteiger partial charge in [0.2, 0.25) is 0 Å². The fraction of sp³-hybridized carbons (Fsp3) is 0.286. The Bertz CT molecular complexity index is 573. The molecule has 3 heteroatoms. The largest absolute Gasteiger partial charge is 0.508 e. The summed E-state index contributed by atoms with van der Waals surface area (Å²) in [6.07, 6.45) is 0.668. The molecule has 2 aromatic rings. The zero-order valence-electron chi connectivity index (χ0n) is 9.43. The van der Waals surface area contributed by atoms with E-state index < -0.39 is 5.54 Å². The summed E-state index contributed by atoms with van der Waals surface area (Å²) in [4.78, 5) is 0. The molecule has 3 nitrogen and oxygen atoms in total. The molecule has 0 aliphatic heterocycles. The molecule has 88 valence electrons. The van der Waals surface area contributed by atoms with Crippen molar-refractivity contribution in [1.29, 1.82) is 0 Å². The first-order valence-electron chi connectivity index (χ1n) is 5.78. The Balaban J connectivity index is 2.24. The van der Waals surface area contributed by atoms with Crippen molar-refractivity contribution in [3.8, 4) is 5.75 Å². The molecular formula is C14H15NO2. The van der Waals surface area contributed by atoms with Crippen LogP contribution in [0.3, 0.4) is 0 Å². The standard InChI is InChI=1S/C14H15NO2/c15-14(7-10(16)8-14)13-11-4-2-1-3-9(11)5-6-12(13)17/h1-6,10,16-17H,7-8,15H2. The Kier molecular flexibility index (Phi) is 2.15. The molecule has 1 aliphatic carbocycles. The van der Waals surface area contributed by atoms with Crippen LogP contribution in [-0.4, -0.2) is 16.3 Å². The maximum atomic E-state index is 10.0. The molecule has 0 saturated heterocycles. The van der Waals surface area contributed by atoms with E-state index in [0.717, 1.165) is 16.3 Å². The zero-order chi connectivity index (χ0) is 12.0. The minimum atomic E-state index is -0.593. The lowest BCUT2D eigenvalue weighted by Crippen LogP contribution is -2.51.